The second-order valence-electron chi connectivity index (χ2n) is 16.5. The fourth-order valence-electron chi connectivity index (χ4n) is 8.17. The van der Waals surface area contributed by atoms with Gasteiger partial charge in [0.25, 0.3) is 5.91 Å². The lowest BCUT2D eigenvalue weighted by Gasteiger charge is -2.38. The van der Waals surface area contributed by atoms with E-state index in [-0.39, 0.29) is 36.7 Å². The first-order chi connectivity index (χ1) is 25.0. The van der Waals surface area contributed by atoms with Crippen LogP contribution in [0.2, 0.25) is 0 Å². The molecule has 9 heteroatoms. The van der Waals surface area contributed by atoms with Crippen molar-refractivity contribution in [3.8, 4) is 11.4 Å². The molecule has 52 heavy (non-hydrogen) atoms. The highest BCUT2D eigenvalue weighted by molar-refractivity contribution is 7.14. The highest BCUT2D eigenvalue weighted by Crippen LogP contribution is 2.42. The van der Waals surface area contributed by atoms with Gasteiger partial charge in [-0.15, -0.1) is 11.3 Å². The van der Waals surface area contributed by atoms with Crippen LogP contribution in [0.1, 0.15) is 124 Å². The van der Waals surface area contributed by atoms with Crippen LogP contribution in [0.25, 0.3) is 17.0 Å². The largest absolute Gasteiger partial charge is 0.481 e. The van der Waals surface area contributed by atoms with Crippen LogP contribution >= 0.6 is 11.3 Å². The minimum absolute atomic E-state index is 0.0867. The van der Waals surface area contributed by atoms with Gasteiger partial charge in [-0.05, 0) is 78.5 Å². The molecule has 1 aliphatic heterocycles. The number of likely N-dealkylation sites (tertiary alicyclic amines) is 1. The molecule has 3 heterocycles. The predicted molar refractivity (Wildman–Crippen MR) is 208 cm³/mol. The van der Waals surface area contributed by atoms with Gasteiger partial charge in [0.05, 0.1) is 10.8 Å². The number of nitrogens with one attached hydrogen (secondary N) is 1. The van der Waals surface area contributed by atoms with E-state index in [9.17, 15) is 19.5 Å². The van der Waals surface area contributed by atoms with E-state index in [0.29, 0.717) is 10.7 Å². The van der Waals surface area contributed by atoms with Crippen molar-refractivity contribution >= 4 is 34.7 Å². The van der Waals surface area contributed by atoms with Gasteiger partial charge in [0, 0.05) is 47.9 Å². The van der Waals surface area contributed by atoms with Crippen LogP contribution in [0.15, 0.2) is 54.9 Å². The van der Waals surface area contributed by atoms with E-state index in [1.807, 2.05) is 42.7 Å². The van der Waals surface area contributed by atoms with Crippen LogP contribution in [0, 0.1) is 23.7 Å². The summed E-state index contributed by atoms with van der Waals surface area (Å²) in [7, 11) is 0. The molecule has 1 aromatic carbocycles. The number of carbonyl (C=O) groups excluding carboxylic acids is 2. The Hall–Kier alpha value is -3.85. The normalized spacial score (nSPS) is 21.6. The van der Waals surface area contributed by atoms with Gasteiger partial charge in [-0.25, -0.2) is 9.97 Å². The maximum absolute atomic E-state index is 13.5. The summed E-state index contributed by atoms with van der Waals surface area (Å²) in [4.78, 5) is 50.9. The number of unbranched alkanes of at least 4 members (excludes halogenated alkanes) is 2. The van der Waals surface area contributed by atoms with Gasteiger partial charge in [-0.3, -0.25) is 14.4 Å². The number of hydrogen-bond donors (Lipinski definition) is 2. The van der Waals surface area contributed by atoms with E-state index in [4.69, 9.17) is 9.97 Å². The Morgan fingerprint density at radius 1 is 0.923 bits per heavy atom. The van der Waals surface area contributed by atoms with Crippen LogP contribution in [0.3, 0.4) is 0 Å². The minimum Gasteiger partial charge on any atom is -0.481 e. The zero-order chi connectivity index (χ0) is 36.8. The molecule has 278 valence electrons. The summed E-state index contributed by atoms with van der Waals surface area (Å²) in [5.41, 5.74) is 4.13. The number of allylic oxidation sites excluding steroid dienone is 2. The zero-order valence-electron chi connectivity index (χ0n) is 31.4. The maximum atomic E-state index is 13.5. The second-order valence-corrected chi connectivity index (χ2v) is 17.5. The van der Waals surface area contributed by atoms with Crippen LogP contribution in [-0.2, 0) is 21.4 Å². The van der Waals surface area contributed by atoms with Gasteiger partial charge < -0.3 is 15.3 Å². The average Bonchev–Trinajstić information content (AvgIpc) is 3.64. The van der Waals surface area contributed by atoms with Crippen LogP contribution in [-0.4, -0.2) is 56.9 Å². The molecule has 2 aliphatic carbocycles. The summed E-state index contributed by atoms with van der Waals surface area (Å²) in [6, 6.07) is 10.7. The number of amides is 2. The lowest BCUT2D eigenvalue weighted by molar-refractivity contribution is -0.153. The highest BCUT2D eigenvalue weighted by Gasteiger charge is 2.39. The SMILES string of the molecule is CCCCCC1CCC(C2CC=C(c3cnc(-c4ccc(CC(NC(=O)c5ccc(C(C)(C)C)s5)C(=O)N5CC(C(=O)O)C5)cc4)nc3)CC2)CC1. The molecule has 2 unspecified atom stereocenters. The third-order valence-electron chi connectivity index (χ3n) is 11.6. The molecule has 0 bridgehead atoms. The number of carboxylic acids is 1. The van der Waals surface area contributed by atoms with E-state index in [1.54, 1.807) is 6.07 Å². The van der Waals surface area contributed by atoms with Crippen LogP contribution in [0.5, 0.6) is 0 Å². The summed E-state index contributed by atoms with van der Waals surface area (Å²) in [5.74, 6) is 1.25. The molecular formula is C43H56N4O4S. The van der Waals surface area contributed by atoms with Crippen LogP contribution < -0.4 is 5.32 Å². The molecule has 2 fully saturated rings. The van der Waals surface area contributed by atoms with E-state index < -0.39 is 17.9 Å². The Labute approximate surface area is 313 Å². The molecule has 8 nitrogen and oxygen atoms in total. The number of nitrogens with zero attached hydrogens (tertiary/aromatic N) is 3. The average molecular weight is 725 g/mol. The highest BCUT2D eigenvalue weighted by atomic mass is 32.1. The van der Waals surface area contributed by atoms with Crippen molar-refractivity contribution in [2.45, 2.75) is 116 Å². The number of thiophene rings is 1. The van der Waals surface area contributed by atoms with Gasteiger partial charge in [0.15, 0.2) is 5.82 Å². The van der Waals surface area contributed by atoms with E-state index in [0.717, 1.165) is 52.2 Å². The quantitative estimate of drug-likeness (QED) is 0.170. The molecule has 6 rings (SSSR count). The molecule has 0 radical (unpaired) electrons. The van der Waals surface area contributed by atoms with E-state index in [1.165, 1.54) is 79.6 Å². The van der Waals surface area contributed by atoms with Crippen molar-refractivity contribution in [1.82, 2.24) is 20.2 Å². The predicted octanol–water partition coefficient (Wildman–Crippen LogP) is 8.96. The van der Waals surface area contributed by atoms with Gasteiger partial charge in [-0.2, -0.15) is 0 Å². The number of aliphatic carboxylic acids is 1. The number of carboxylic acid groups (broad SMARTS) is 1. The Kier molecular flexibility index (Phi) is 12.3. The fourth-order valence-corrected chi connectivity index (χ4v) is 9.14. The standard InChI is InChI=1S/C43H56N4O4S/c1-5-6-7-8-28-9-13-30(14-10-28)31-17-19-32(20-18-31)34-24-44-39(45-25-34)33-15-11-29(12-16-33)23-36(41(49)47-26-35(27-47)42(50)51)46-40(48)37-21-22-38(52-37)43(2,3)4/h11-12,15-16,19,21-22,24-25,28,30-31,35-36H,5-10,13-14,17-18,20,23,26-27H2,1-4H3,(H,46,48)(H,50,51). The number of carbonyl (C=O) groups is 3. The Morgan fingerprint density at radius 3 is 2.23 bits per heavy atom. The first kappa shape index (κ1) is 37.9. The first-order valence-corrected chi connectivity index (χ1v) is 20.3. The molecule has 0 spiro atoms. The third-order valence-corrected chi connectivity index (χ3v) is 13.1. The monoisotopic (exact) mass is 724 g/mol. The molecule has 2 amide bonds. The summed E-state index contributed by atoms with van der Waals surface area (Å²) in [6.07, 6.45) is 21.3. The smallest absolute Gasteiger partial charge is 0.310 e. The Bertz CT molecular complexity index is 1710. The number of hydrogen-bond acceptors (Lipinski definition) is 6. The zero-order valence-corrected chi connectivity index (χ0v) is 32.2. The van der Waals surface area contributed by atoms with Crippen molar-refractivity contribution in [3.05, 3.63) is 75.7 Å². The van der Waals surface area contributed by atoms with Gasteiger partial charge >= 0.3 is 5.97 Å². The molecule has 1 saturated heterocycles. The number of benzene rings is 1. The lowest BCUT2D eigenvalue weighted by Crippen LogP contribution is -2.59. The molecule has 2 N–H and O–H groups in total. The molecular weight excluding hydrogens is 669 g/mol. The minimum atomic E-state index is -0.909. The second kappa shape index (κ2) is 16.9. The van der Waals surface area contributed by atoms with E-state index >= 15 is 0 Å². The van der Waals surface area contributed by atoms with Crippen molar-refractivity contribution in [2.75, 3.05) is 13.1 Å². The Morgan fingerprint density at radius 2 is 1.63 bits per heavy atom. The summed E-state index contributed by atoms with van der Waals surface area (Å²) >= 11 is 1.43. The maximum Gasteiger partial charge on any atom is 0.310 e. The van der Waals surface area contributed by atoms with Gasteiger partial charge in [-0.1, -0.05) is 96.6 Å². The number of rotatable bonds is 13. The molecule has 3 aromatic rings. The van der Waals surface area contributed by atoms with Crippen molar-refractivity contribution < 1.29 is 19.5 Å². The summed E-state index contributed by atoms with van der Waals surface area (Å²) in [5, 5.41) is 12.3. The topological polar surface area (TPSA) is 112 Å². The number of aromatic nitrogens is 2. The lowest BCUT2D eigenvalue weighted by atomic mass is 9.70. The Balaban J connectivity index is 1.05. The fraction of sp³-hybridized carbons (Fsp3) is 0.558. The summed E-state index contributed by atoms with van der Waals surface area (Å²) in [6.45, 7) is 8.89. The third kappa shape index (κ3) is 9.38. The summed E-state index contributed by atoms with van der Waals surface area (Å²) < 4.78 is 0. The molecule has 2 atom stereocenters. The van der Waals surface area contributed by atoms with E-state index in [2.05, 4.69) is 39.1 Å². The molecule has 2 aromatic heterocycles. The van der Waals surface area contributed by atoms with Gasteiger partial charge in [0.1, 0.15) is 6.04 Å². The van der Waals surface area contributed by atoms with Crippen molar-refractivity contribution in [2.24, 2.45) is 23.7 Å². The molecule has 3 aliphatic rings. The van der Waals surface area contributed by atoms with Crippen molar-refractivity contribution in [1.29, 1.82) is 0 Å². The van der Waals surface area contributed by atoms with Crippen LogP contribution in [0.4, 0.5) is 0 Å². The van der Waals surface area contributed by atoms with Crippen molar-refractivity contribution in [3.63, 3.8) is 0 Å². The molecule has 1 saturated carbocycles. The van der Waals surface area contributed by atoms with Gasteiger partial charge in [0.2, 0.25) is 5.91 Å². The first-order valence-electron chi connectivity index (χ1n) is 19.5.